The van der Waals surface area contributed by atoms with Gasteiger partial charge in [0, 0.05) is 26.1 Å². The van der Waals surface area contributed by atoms with Gasteiger partial charge in [-0.1, -0.05) is 6.92 Å². The molecule has 2 fully saturated rings. The van der Waals surface area contributed by atoms with Crippen molar-refractivity contribution in [1.82, 2.24) is 10.2 Å². The first-order valence-electron chi connectivity index (χ1n) is 5.81. The molecule has 2 amide bonds. The summed E-state index contributed by atoms with van der Waals surface area (Å²) in [5.74, 6) is -0.0572. The van der Waals surface area contributed by atoms with Crippen molar-refractivity contribution in [3.63, 3.8) is 0 Å². The van der Waals surface area contributed by atoms with Crippen LogP contribution < -0.4 is 5.32 Å². The van der Waals surface area contributed by atoms with Crippen molar-refractivity contribution in [2.24, 2.45) is 11.8 Å². The molecule has 2 aliphatic rings. The molecule has 0 bridgehead atoms. The minimum atomic E-state index is -0.299. The molecule has 2 saturated heterocycles. The number of nitrogens with one attached hydrogen (secondary N) is 1. The van der Waals surface area contributed by atoms with Crippen LogP contribution in [0.4, 0.5) is 0 Å². The van der Waals surface area contributed by atoms with Crippen molar-refractivity contribution in [2.75, 3.05) is 19.6 Å². The SMILES string of the molecule is CC1CN(C(=O)C2CNC(=O)C2)CCC1O. The molecule has 5 nitrogen and oxygen atoms in total. The fourth-order valence-electron chi connectivity index (χ4n) is 2.37. The molecule has 3 unspecified atom stereocenters. The van der Waals surface area contributed by atoms with E-state index in [0.717, 1.165) is 0 Å². The Bertz CT molecular complexity index is 306. The van der Waals surface area contributed by atoms with Crippen LogP contribution in [0.3, 0.4) is 0 Å². The van der Waals surface area contributed by atoms with E-state index in [1.165, 1.54) is 0 Å². The zero-order chi connectivity index (χ0) is 11.7. The van der Waals surface area contributed by atoms with Gasteiger partial charge in [0.1, 0.15) is 0 Å². The topological polar surface area (TPSA) is 69.6 Å². The van der Waals surface area contributed by atoms with Gasteiger partial charge in [-0.25, -0.2) is 0 Å². The number of aliphatic hydroxyl groups is 1. The van der Waals surface area contributed by atoms with Crippen LogP contribution in [0, 0.1) is 11.8 Å². The van der Waals surface area contributed by atoms with Crippen LogP contribution in [-0.2, 0) is 9.59 Å². The third kappa shape index (κ3) is 2.19. The van der Waals surface area contributed by atoms with Gasteiger partial charge < -0.3 is 15.3 Å². The number of hydrogen-bond acceptors (Lipinski definition) is 3. The lowest BCUT2D eigenvalue weighted by Gasteiger charge is -2.35. The second kappa shape index (κ2) is 4.41. The van der Waals surface area contributed by atoms with E-state index in [0.29, 0.717) is 32.5 Å². The summed E-state index contributed by atoms with van der Waals surface area (Å²) in [6.45, 7) is 3.62. The maximum atomic E-state index is 12.1. The second-order valence-electron chi connectivity index (χ2n) is 4.82. The van der Waals surface area contributed by atoms with Crippen molar-refractivity contribution in [3.05, 3.63) is 0 Å². The van der Waals surface area contributed by atoms with Crippen LogP contribution >= 0.6 is 0 Å². The predicted molar refractivity (Wildman–Crippen MR) is 57.5 cm³/mol. The molecule has 2 N–H and O–H groups in total. The Morgan fingerprint density at radius 3 is 2.88 bits per heavy atom. The van der Waals surface area contributed by atoms with Crippen LogP contribution in [0.2, 0.25) is 0 Å². The van der Waals surface area contributed by atoms with E-state index in [2.05, 4.69) is 5.32 Å². The van der Waals surface area contributed by atoms with Crippen LogP contribution in [-0.4, -0.2) is 47.6 Å². The van der Waals surface area contributed by atoms with Crippen molar-refractivity contribution in [1.29, 1.82) is 0 Å². The maximum absolute atomic E-state index is 12.1. The largest absolute Gasteiger partial charge is 0.393 e. The number of amides is 2. The van der Waals surface area contributed by atoms with E-state index < -0.39 is 0 Å². The smallest absolute Gasteiger partial charge is 0.227 e. The highest BCUT2D eigenvalue weighted by molar-refractivity contribution is 5.89. The molecule has 0 aromatic heterocycles. The molecule has 16 heavy (non-hydrogen) atoms. The Morgan fingerprint density at radius 2 is 2.31 bits per heavy atom. The van der Waals surface area contributed by atoms with Crippen molar-refractivity contribution in [2.45, 2.75) is 25.9 Å². The summed E-state index contributed by atoms with van der Waals surface area (Å²) < 4.78 is 0. The number of likely N-dealkylation sites (tertiary alicyclic amines) is 1. The highest BCUT2D eigenvalue weighted by Crippen LogP contribution is 2.20. The summed E-state index contributed by atoms with van der Waals surface area (Å²) in [5.41, 5.74) is 0. The molecule has 3 atom stereocenters. The van der Waals surface area contributed by atoms with Gasteiger partial charge in [0.15, 0.2) is 0 Å². The van der Waals surface area contributed by atoms with Crippen molar-refractivity contribution >= 4 is 11.8 Å². The third-order valence-electron chi connectivity index (χ3n) is 3.50. The van der Waals surface area contributed by atoms with Gasteiger partial charge in [0.2, 0.25) is 11.8 Å². The highest BCUT2D eigenvalue weighted by atomic mass is 16.3. The summed E-state index contributed by atoms with van der Waals surface area (Å²) in [5, 5.41) is 12.3. The Morgan fingerprint density at radius 1 is 1.56 bits per heavy atom. The summed E-state index contributed by atoms with van der Waals surface area (Å²) in [6, 6.07) is 0. The molecule has 0 aromatic carbocycles. The first-order chi connectivity index (χ1) is 7.58. The number of aliphatic hydroxyl groups excluding tert-OH is 1. The number of hydrogen-bond donors (Lipinski definition) is 2. The van der Waals surface area contributed by atoms with Gasteiger partial charge >= 0.3 is 0 Å². The second-order valence-corrected chi connectivity index (χ2v) is 4.82. The normalized spacial score (nSPS) is 35.0. The van der Waals surface area contributed by atoms with Crippen LogP contribution in [0.15, 0.2) is 0 Å². The van der Waals surface area contributed by atoms with Gasteiger partial charge in [-0.3, -0.25) is 9.59 Å². The molecule has 0 radical (unpaired) electrons. The Kier molecular flexibility index (Phi) is 3.14. The average Bonchev–Trinajstić information content (AvgIpc) is 2.68. The summed E-state index contributed by atoms with van der Waals surface area (Å²) >= 11 is 0. The Balaban J connectivity index is 1.92. The quantitative estimate of drug-likeness (QED) is 0.624. The number of carbonyl (C=O) groups excluding carboxylic acids is 2. The van der Waals surface area contributed by atoms with E-state index >= 15 is 0 Å². The number of piperidine rings is 1. The van der Waals surface area contributed by atoms with Gasteiger partial charge in [0.25, 0.3) is 0 Å². The number of rotatable bonds is 1. The zero-order valence-electron chi connectivity index (χ0n) is 9.48. The standard InChI is InChI=1S/C11H18N2O3/c1-7-6-13(3-2-9(7)14)11(16)8-4-10(15)12-5-8/h7-9,14H,2-6H2,1H3,(H,12,15). The molecular formula is C11H18N2O3. The van der Waals surface area contributed by atoms with E-state index in [9.17, 15) is 14.7 Å². The minimum Gasteiger partial charge on any atom is -0.393 e. The maximum Gasteiger partial charge on any atom is 0.227 e. The molecule has 0 saturated carbocycles. The lowest BCUT2D eigenvalue weighted by atomic mass is 9.95. The lowest BCUT2D eigenvalue weighted by molar-refractivity contribution is -0.139. The monoisotopic (exact) mass is 226 g/mol. The summed E-state index contributed by atoms with van der Waals surface area (Å²) in [4.78, 5) is 24.9. The van der Waals surface area contributed by atoms with E-state index in [-0.39, 0.29) is 29.8 Å². The third-order valence-corrected chi connectivity index (χ3v) is 3.50. The zero-order valence-corrected chi connectivity index (χ0v) is 9.48. The molecule has 2 aliphatic heterocycles. The molecule has 2 heterocycles. The lowest BCUT2D eigenvalue weighted by Crippen LogP contribution is -2.47. The minimum absolute atomic E-state index is 0.0385. The van der Waals surface area contributed by atoms with E-state index in [1.54, 1.807) is 4.90 Å². The van der Waals surface area contributed by atoms with Crippen LogP contribution in [0.1, 0.15) is 19.8 Å². The molecule has 0 aromatic rings. The van der Waals surface area contributed by atoms with Gasteiger partial charge in [-0.15, -0.1) is 0 Å². The highest BCUT2D eigenvalue weighted by Gasteiger charge is 2.34. The fourth-order valence-corrected chi connectivity index (χ4v) is 2.37. The van der Waals surface area contributed by atoms with Gasteiger partial charge in [-0.2, -0.15) is 0 Å². The van der Waals surface area contributed by atoms with E-state index in [1.807, 2.05) is 6.92 Å². The molecule has 0 spiro atoms. The predicted octanol–water partition coefficient (Wildman–Crippen LogP) is -0.648. The molecule has 90 valence electrons. The van der Waals surface area contributed by atoms with Crippen LogP contribution in [0.5, 0.6) is 0 Å². The van der Waals surface area contributed by atoms with Crippen molar-refractivity contribution in [3.8, 4) is 0 Å². The van der Waals surface area contributed by atoms with Gasteiger partial charge in [0.05, 0.1) is 12.0 Å². The molecule has 2 rings (SSSR count). The Hall–Kier alpha value is -1.10. The Labute approximate surface area is 94.8 Å². The van der Waals surface area contributed by atoms with Gasteiger partial charge in [-0.05, 0) is 12.3 Å². The fraction of sp³-hybridized carbons (Fsp3) is 0.818. The summed E-state index contributed by atoms with van der Waals surface area (Å²) in [6.07, 6.45) is 0.653. The first-order valence-corrected chi connectivity index (χ1v) is 5.81. The van der Waals surface area contributed by atoms with E-state index in [4.69, 9.17) is 0 Å². The molecule has 5 heteroatoms. The summed E-state index contributed by atoms with van der Waals surface area (Å²) in [7, 11) is 0. The van der Waals surface area contributed by atoms with Crippen molar-refractivity contribution < 1.29 is 14.7 Å². The average molecular weight is 226 g/mol. The number of carbonyl (C=O) groups is 2. The molecular weight excluding hydrogens is 208 g/mol. The first kappa shape index (κ1) is 11.4. The van der Waals surface area contributed by atoms with Crippen LogP contribution in [0.25, 0.3) is 0 Å². The number of nitrogens with zero attached hydrogens (tertiary/aromatic N) is 1. The molecule has 0 aliphatic carbocycles.